The summed E-state index contributed by atoms with van der Waals surface area (Å²) in [7, 11) is 0. The zero-order valence-electron chi connectivity index (χ0n) is 9.63. The Balaban J connectivity index is 2.98. The number of aryl methyl sites for hydroxylation is 3. The quantitative estimate of drug-likeness (QED) is 0.769. The van der Waals surface area contributed by atoms with Crippen LogP contribution in [0.1, 0.15) is 39.9 Å². The molecule has 0 unspecified atom stereocenters. The van der Waals surface area contributed by atoms with Gasteiger partial charge in [0.2, 0.25) is 0 Å². The average Bonchev–Trinajstić information content (AvgIpc) is 2.12. The number of rotatable bonds is 4. The molecular formula is C13H18O2. The molecule has 82 valence electrons. The average molecular weight is 206 g/mol. The minimum absolute atomic E-state index is 0.0791. The van der Waals surface area contributed by atoms with Crippen LogP contribution < -0.4 is 0 Å². The normalized spacial score (nSPS) is 10.4. The summed E-state index contributed by atoms with van der Waals surface area (Å²) in [5.41, 5.74) is 4.09. The van der Waals surface area contributed by atoms with Crippen LogP contribution in [0.5, 0.6) is 0 Å². The minimum Gasteiger partial charge on any atom is -0.396 e. The maximum absolute atomic E-state index is 11.8. The molecule has 1 N–H and O–H groups in total. The summed E-state index contributed by atoms with van der Waals surface area (Å²) in [6, 6.07) is 4.05. The molecule has 0 heterocycles. The number of carbonyl (C=O) groups excluding carboxylic acids is 1. The van der Waals surface area contributed by atoms with Crippen molar-refractivity contribution in [1.82, 2.24) is 0 Å². The zero-order valence-corrected chi connectivity index (χ0v) is 9.63. The highest BCUT2D eigenvalue weighted by Crippen LogP contribution is 2.18. The Morgan fingerprint density at radius 3 is 2.20 bits per heavy atom. The van der Waals surface area contributed by atoms with Crippen molar-refractivity contribution < 1.29 is 9.90 Å². The molecular weight excluding hydrogens is 188 g/mol. The summed E-state index contributed by atoms with van der Waals surface area (Å²) < 4.78 is 0. The summed E-state index contributed by atoms with van der Waals surface area (Å²) in [6.45, 7) is 6.04. The third-order valence-corrected chi connectivity index (χ3v) is 2.52. The zero-order chi connectivity index (χ0) is 11.4. The number of benzene rings is 1. The fourth-order valence-electron chi connectivity index (χ4n) is 1.98. The third-order valence-electron chi connectivity index (χ3n) is 2.52. The van der Waals surface area contributed by atoms with E-state index in [9.17, 15) is 4.79 Å². The van der Waals surface area contributed by atoms with Crippen molar-refractivity contribution in [1.29, 1.82) is 0 Å². The van der Waals surface area contributed by atoms with Crippen LogP contribution in [0.2, 0.25) is 0 Å². The lowest BCUT2D eigenvalue weighted by atomic mass is 9.95. The van der Waals surface area contributed by atoms with E-state index in [0.29, 0.717) is 12.8 Å². The second kappa shape index (κ2) is 5.08. The maximum atomic E-state index is 11.8. The molecule has 0 fully saturated rings. The molecule has 1 aromatic carbocycles. The molecule has 0 saturated carbocycles. The Kier molecular flexibility index (Phi) is 4.04. The Morgan fingerprint density at radius 2 is 1.73 bits per heavy atom. The SMILES string of the molecule is Cc1cc(C)c(C(=O)CCCO)c(C)c1. The molecule has 2 nitrogen and oxygen atoms in total. The van der Waals surface area contributed by atoms with Crippen molar-refractivity contribution in [2.24, 2.45) is 0 Å². The summed E-state index contributed by atoms with van der Waals surface area (Å²) in [6.07, 6.45) is 0.979. The van der Waals surface area contributed by atoms with Gasteiger partial charge in [-0.25, -0.2) is 0 Å². The summed E-state index contributed by atoms with van der Waals surface area (Å²) in [5, 5.41) is 8.69. The van der Waals surface area contributed by atoms with E-state index in [4.69, 9.17) is 5.11 Å². The van der Waals surface area contributed by atoms with Crippen molar-refractivity contribution >= 4 is 5.78 Å². The number of Topliss-reactive ketones (excluding diaryl/α,β-unsaturated/α-hetero) is 1. The number of hydrogen-bond donors (Lipinski definition) is 1. The molecule has 1 rings (SSSR count). The molecule has 0 aliphatic carbocycles. The second-order valence-electron chi connectivity index (χ2n) is 4.02. The highest BCUT2D eigenvalue weighted by molar-refractivity contribution is 5.98. The lowest BCUT2D eigenvalue weighted by molar-refractivity contribution is 0.0970. The first-order chi connectivity index (χ1) is 7.06. The highest BCUT2D eigenvalue weighted by Gasteiger charge is 2.11. The summed E-state index contributed by atoms with van der Waals surface area (Å²) in [5.74, 6) is 0.138. The van der Waals surface area contributed by atoms with E-state index in [1.807, 2.05) is 32.9 Å². The fraction of sp³-hybridized carbons (Fsp3) is 0.462. The van der Waals surface area contributed by atoms with Gasteiger partial charge >= 0.3 is 0 Å². The van der Waals surface area contributed by atoms with Crippen molar-refractivity contribution in [2.45, 2.75) is 33.6 Å². The minimum atomic E-state index is 0.0791. The fourth-order valence-corrected chi connectivity index (χ4v) is 1.98. The molecule has 0 aromatic heterocycles. The number of ketones is 1. The van der Waals surface area contributed by atoms with Gasteiger partial charge in [-0.15, -0.1) is 0 Å². The Hall–Kier alpha value is -1.15. The largest absolute Gasteiger partial charge is 0.396 e. The van der Waals surface area contributed by atoms with Crippen molar-refractivity contribution in [3.8, 4) is 0 Å². The van der Waals surface area contributed by atoms with Gasteiger partial charge < -0.3 is 5.11 Å². The molecule has 0 saturated heterocycles. The van der Waals surface area contributed by atoms with Gasteiger partial charge in [-0.2, -0.15) is 0 Å². The van der Waals surface area contributed by atoms with Crippen molar-refractivity contribution in [2.75, 3.05) is 6.61 Å². The molecule has 0 amide bonds. The van der Waals surface area contributed by atoms with E-state index in [-0.39, 0.29) is 12.4 Å². The van der Waals surface area contributed by atoms with E-state index in [1.165, 1.54) is 5.56 Å². The van der Waals surface area contributed by atoms with Crippen molar-refractivity contribution in [3.05, 3.63) is 34.4 Å². The van der Waals surface area contributed by atoms with Gasteiger partial charge in [0.1, 0.15) is 0 Å². The molecule has 2 heteroatoms. The van der Waals surface area contributed by atoms with E-state index >= 15 is 0 Å². The monoisotopic (exact) mass is 206 g/mol. The number of aliphatic hydroxyl groups excluding tert-OH is 1. The first-order valence-corrected chi connectivity index (χ1v) is 5.28. The van der Waals surface area contributed by atoms with Crippen LogP contribution in [-0.4, -0.2) is 17.5 Å². The molecule has 0 aliphatic heterocycles. The number of hydrogen-bond acceptors (Lipinski definition) is 2. The van der Waals surface area contributed by atoms with Crippen LogP contribution in [-0.2, 0) is 0 Å². The topological polar surface area (TPSA) is 37.3 Å². The van der Waals surface area contributed by atoms with Gasteiger partial charge in [0.05, 0.1) is 0 Å². The molecule has 0 radical (unpaired) electrons. The van der Waals surface area contributed by atoms with Crippen LogP contribution in [0.3, 0.4) is 0 Å². The first-order valence-electron chi connectivity index (χ1n) is 5.28. The maximum Gasteiger partial charge on any atom is 0.163 e. The Labute approximate surface area is 90.9 Å². The first kappa shape index (κ1) is 11.9. The smallest absolute Gasteiger partial charge is 0.163 e. The summed E-state index contributed by atoms with van der Waals surface area (Å²) in [4.78, 5) is 11.8. The molecule has 15 heavy (non-hydrogen) atoms. The Bertz CT molecular complexity index is 344. The van der Waals surface area contributed by atoms with E-state index in [1.54, 1.807) is 0 Å². The Morgan fingerprint density at radius 1 is 1.20 bits per heavy atom. The molecule has 1 aromatic rings. The molecule has 0 atom stereocenters. The standard InChI is InChI=1S/C13H18O2/c1-9-7-10(2)13(11(3)8-9)12(15)5-4-6-14/h7-8,14H,4-6H2,1-3H3. The predicted octanol–water partition coefficient (Wildman–Crippen LogP) is 2.57. The van der Waals surface area contributed by atoms with Crippen LogP contribution >= 0.6 is 0 Å². The third kappa shape index (κ3) is 2.90. The molecule has 0 aliphatic rings. The molecule has 0 spiro atoms. The van der Waals surface area contributed by atoms with Crippen LogP contribution in [0.15, 0.2) is 12.1 Å². The van der Waals surface area contributed by atoms with Gasteiger partial charge in [-0.1, -0.05) is 17.7 Å². The van der Waals surface area contributed by atoms with Crippen LogP contribution in [0, 0.1) is 20.8 Å². The van der Waals surface area contributed by atoms with Gasteiger partial charge in [-0.05, 0) is 38.3 Å². The molecule has 0 bridgehead atoms. The van der Waals surface area contributed by atoms with Crippen LogP contribution in [0.4, 0.5) is 0 Å². The van der Waals surface area contributed by atoms with Gasteiger partial charge in [0.15, 0.2) is 5.78 Å². The highest BCUT2D eigenvalue weighted by atomic mass is 16.3. The van der Waals surface area contributed by atoms with E-state index in [0.717, 1.165) is 16.7 Å². The van der Waals surface area contributed by atoms with Gasteiger partial charge in [0, 0.05) is 18.6 Å². The number of carbonyl (C=O) groups is 1. The van der Waals surface area contributed by atoms with E-state index < -0.39 is 0 Å². The van der Waals surface area contributed by atoms with Crippen LogP contribution in [0.25, 0.3) is 0 Å². The van der Waals surface area contributed by atoms with Gasteiger partial charge in [-0.3, -0.25) is 4.79 Å². The second-order valence-corrected chi connectivity index (χ2v) is 4.02. The lowest BCUT2D eigenvalue weighted by Crippen LogP contribution is -2.06. The summed E-state index contributed by atoms with van der Waals surface area (Å²) >= 11 is 0. The van der Waals surface area contributed by atoms with Crippen molar-refractivity contribution in [3.63, 3.8) is 0 Å². The van der Waals surface area contributed by atoms with E-state index in [2.05, 4.69) is 0 Å². The van der Waals surface area contributed by atoms with Gasteiger partial charge in [0.25, 0.3) is 0 Å². The lowest BCUT2D eigenvalue weighted by Gasteiger charge is -2.09. The predicted molar refractivity (Wildman–Crippen MR) is 61.3 cm³/mol. The number of aliphatic hydroxyl groups is 1.